The highest BCUT2D eigenvalue weighted by Gasteiger charge is 2.29. The van der Waals surface area contributed by atoms with E-state index in [0.717, 1.165) is 19.3 Å². The van der Waals surface area contributed by atoms with Gasteiger partial charge in [-0.05, 0) is 31.0 Å². The summed E-state index contributed by atoms with van der Waals surface area (Å²) in [7, 11) is 1.55. The van der Waals surface area contributed by atoms with E-state index in [1.54, 1.807) is 13.1 Å². The van der Waals surface area contributed by atoms with Crippen LogP contribution in [0.4, 0.5) is 5.69 Å². The first-order chi connectivity index (χ1) is 10.4. The molecule has 22 heavy (non-hydrogen) atoms. The number of anilines is 1. The molecule has 7 heteroatoms. The number of hydrogen-bond donors (Lipinski definition) is 2. The molecular weight excluding hydrogens is 327 g/mol. The number of amides is 2. The maximum Gasteiger partial charge on any atom is 0.313 e. The molecule has 2 N–H and O–H groups in total. The third kappa shape index (κ3) is 4.12. The molecule has 5 nitrogen and oxygen atoms in total. The van der Waals surface area contributed by atoms with Gasteiger partial charge in [0, 0.05) is 24.5 Å². The number of nitrogens with one attached hydrogen (secondary N) is 1. The fraction of sp³-hybridized carbons (Fsp3) is 0.467. The molecule has 2 atom stereocenters. The largest absolute Gasteiger partial charge is 0.393 e. The van der Waals surface area contributed by atoms with Crippen molar-refractivity contribution in [2.45, 2.75) is 25.4 Å². The monoisotopic (exact) mass is 344 g/mol. The summed E-state index contributed by atoms with van der Waals surface area (Å²) in [6.45, 7) is 0.363. The molecule has 2 unspecified atom stereocenters. The third-order valence-electron chi connectivity index (χ3n) is 3.85. The highest BCUT2D eigenvalue weighted by molar-refractivity contribution is 6.42. The summed E-state index contributed by atoms with van der Waals surface area (Å²) < 4.78 is 0. The Kier molecular flexibility index (Phi) is 5.67. The first-order valence-corrected chi connectivity index (χ1v) is 7.83. The SMILES string of the molecule is CN(CC1CCCC1O)C(=O)C(=O)Nc1ccc(Cl)cc1Cl. The smallest absolute Gasteiger partial charge is 0.313 e. The maximum atomic E-state index is 12.1. The summed E-state index contributed by atoms with van der Waals surface area (Å²) in [5.41, 5.74) is 0.332. The Labute approximate surface area is 139 Å². The van der Waals surface area contributed by atoms with Crippen molar-refractivity contribution in [2.24, 2.45) is 5.92 Å². The summed E-state index contributed by atoms with van der Waals surface area (Å²) in [5.74, 6) is -1.40. The maximum absolute atomic E-state index is 12.1. The molecule has 1 fully saturated rings. The van der Waals surface area contributed by atoms with Crippen molar-refractivity contribution in [1.82, 2.24) is 4.90 Å². The van der Waals surface area contributed by atoms with Crippen LogP contribution in [-0.4, -0.2) is 41.5 Å². The van der Waals surface area contributed by atoms with Crippen LogP contribution < -0.4 is 5.32 Å². The van der Waals surface area contributed by atoms with Crippen LogP contribution in [0.3, 0.4) is 0 Å². The second-order valence-corrected chi connectivity index (χ2v) is 6.37. The number of carbonyl (C=O) groups excluding carboxylic acids is 2. The summed E-state index contributed by atoms with van der Waals surface area (Å²) in [6.07, 6.45) is 2.16. The zero-order valence-corrected chi connectivity index (χ0v) is 13.7. The summed E-state index contributed by atoms with van der Waals surface area (Å²) in [5, 5.41) is 13.0. The van der Waals surface area contributed by atoms with Crippen molar-refractivity contribution in [3.05, 3.63) is 28.2 Å². The highest BCUT2D eigenvalue weighted by Crippen LogP contribution is 2.27. The molecule has 2 amide bonds. The quantitative estimate of drug-likeness (QED) is 0.828. The minimum Gasteiger partial charge on any atom is -0.393 e. The average molecular weight is 345 g/mol. The zero-order valence-electron chi connectivity index (χ0n) is 12.2. The van der Waals surface area contributed by atoms with Crippen LogP contribution in [0.15, 0.2) is 18.2 Å². The van der Waals surface area contributed by atoms with Gasteiger partial charge in [0.05, 0.1) is 16.8 Å². The van der Waals surface area contributed by atoms with Gasteiger partial charge < -0.3 is 15.3 Å². The standard InChI is InChI=1S/C15H18Cl2N2O3/c1-19(8-9-3-2-4-13(9)20)15(22)14(21)18-12-6-5-10(16)7-11(12)17/h5-7,9,13,20H,2-4,8H2,1H3,(H,18,21). The highest BCUT2D eigenvalue weighted by atomic mass is 35.5. The van der Waals surface area contributed by atoms with Gasteiger partial charge in [-0.25, -0.2) is 0 Å². The molecule has 1 saturated carbocycles. The predicted molar refractivity (Wildman–Crippen MR) is 86.1 cm³/mol. The number of carbonyl (C=O) groups is 2. The Morgan fingerprint density at radius 2 is 2.09 bits per heavy atom. The van der Waals surface area contributed by atoms with Crippen LogP contribution in [-0.2, 0) is 9.59 Å². The van der Waals surface area contributed by atoms with E-state index in [-0.39, 0.29) is 10.9 Å². The Balaban J connectivity index is 1.95. The van der Waals surface area contributed by atoms with E-state index in [1.807, 2.05) is 0 Å². The molecule has 2 rings (SSSR count). The van der Waals surface area contributed by atoms with Crippen LogP contribution in [0, 0.1) is 5.92 Å². The molecule has 0 aromatic heterocycles. The summed E-state index contributed by atoms with van der Waals surface area (Å²) in [6, 6.07) is 4.60. The van der Waals surface area contributed by atoms with Crippen LogP contribution in [0.5, 0.6) is 0 Å². The van der Waals surface area contributed by atoms with Gasteiger partial charge in [-0.1, -0.05) is 29.6 Å². The molecule has 0 radical (unpaired) electrons. The number of nitrogens with zero attached hydrogens (tertiary/aromatic N) is 1. The topological polar surface area (TPSA) is 69.6 Å². The van der Waals surface area contributed by atoms with Gasteiger partial charge in [0.1, 0.15) is 0 Å². The van der Waals surface area contributed by atoms with Crippen LogP contribution in [0.2, 0.25) is 10.0 Å². The second-order valence-electron chi connectivity index (χ2n) is 5.52. The van der Waals surface area contributed by atoms with Gasteiger partial charge in [-0.3, -0.25) is 9.59 Å². The summed E-state index contributed by atoms with van der Waals surface area (Å²) in [4.78, 5) is 25.4. The minimum absolute atomic E-state index is 0.0286. The van der Waals surface area contributed by atoms with Crippen molar-refractivity contribution in [3.63, 3.8) is 0 Å². The predicted octanol–water partition coefficient (Wildman–Crippen LogP) is 2.55. The Morgan fingerprint density at radius 3 is 2.68 bits per heavy atom. The van der Waals surface area contributed by atoms with Gasteiger partial charge in [0.15, 0.2) is 0 Å². The van der Waals surface area contributed by atoms with Crippen LogP contribution in [0.1, 0.15) is 19.3 Å². The molecule has 1 aromatic rings. The first kappa shape index (κ1) is 17.1. The lowest BCUT2D eigenvalue weighted by atomic mass is 10.1. The Morgan fingerprint density at radius 1 is 1.36 bits per heavy atom. The van der Waals surface area contributed by atoms with Crippen molar-refractivity contribution in [1.29, 1.82) is 0 Å². The lowest BCUT2D eigenvalue weighted by molar-refractivity contribution is -0.142. The minimum atomic E-state index is -0.765. The molecule has 120 valence electrons. The van der Waals surface area contributed by atoms with E-state index in [9.17, 15) is 14.7 Å². The van der Waals surface area contributed by atoms with E-state index in [0.29, 0.717) is 17.3 Å². The van der Waals surface area contributed by atoms with Crippen molar-refractivity contribution >= 4 is 40.7 Å². The zero-order chi connectivity index (χ0) is 16.3. The normalized spacial score (nSPS) is 20.7. The van der Waals surface area contributed by atoms with E-state index < -0.39 is 17.9 Å². The Bertz CT molecular complexity index is 580. The van der Waals surface area contributed by atoms with Gasteiger partial charge in [-0.2, -0.15) is 0 Å². The molecule has 0 bridgehead atoms. The second kappa shape index (κ2) is 7.31. The number of hydrogen-bond acceptors (Lipinski definition) is 3. The number of halogens is 2. The Hall–Kier alpha value is -1.30. The molecular formula is C15H18Cl2N2O3. The van der Waals surface area contributed by atoms with Crippen LogP contribution >= 0.6 is 23.2 Å². The van der Waals surface area contributed by atoms with Crippen LogP contribution in [0.25, 0.3) is 0 Å². The van der Waals surface area contributed by atoms with Crippen molar-refractivity contribution in [3.8, 4) is 0 Å². The number of likely N-dealkylation sites (N-methyl/N-ethyl adjacent to an activating group) is 1. The van der Waals surface area contributed by atoms with E-state index in [1.165, 1.54) is 17.0 Å². The van der Waals surface area contributed by atoms with Gasteiger partial charge in [0.2, 0.25) is 0 Å². The molecule has 0 heterocycles. The number of rotatable bonds is 3. The average Bonchev–Trinajstić information content (AvgIpc) is 2.86. The first-order valence-electron chi connectivity index (χ1n) is 7.08. The van der Waals surface area contributed by atoms with E-state index in [2.05, 4.69) is 5.32 Å². The van der Waals surface area contributed by atoms with E-state index >= 15 is 0 Å². The molecule has 1 aliphatic carbocycles. The summed E-state index contributed by atoms with van der Waals surface area (Å²) >= 11 is 11.7. The van der Waals surface area contributed by atoms with Gasteiger partial charge in [0.25, 0.3) is 0 Å². The van der Waals surface area contributed by atoms with Gasteiger partial charge >= 0.3 is 11.8 Å². The lowest BCUT2D eigenvalue weighted by Gasteiger charge is -2.22. The fourth-order valence-electron chi connectivity index (χ4n) is 2.60. The fourth-order valence-corrected chi connectivity index (χ4v) is 3.06. The molecule has 0 spiro atoms. The van der Waals surface area contributed by atoms with Crippen molar-refractivity contribution < 1.29 is 14.7 Å². The lowest BCUT2D eigenvalue weighted by Crippen LogP contribution is -2.41. The molecule has 0 aliphatic heterocycles. The van der Waals surface area contributed by atoms with Gasteiger partial charge in [-0.15, -0.1) is 0 Å². The number of benzene rings is 1. The molecule has 1 aliphatic rings. The third-order valence-corrected chi connectivity index (χ3v) is 4.40. The van der Waals surface area contributed by atoms with E-state index in [4.69, 9.17) is 23.2 Å². The molecule has 0 saturated heterocycles. The number of aliphatic hydroxyl groups excluding tert-OH is 1. The van der Waals surface area contributed by atoms with Crippen molar-refractivity contribution in [2.75, 3.05) is 18.9 Å². The molecule has 1 aromatic carbocycles. The number of aliphatic hydroxyl groups is 1.